The van der Waals surface area contributed by atoms with E-state index in [9.17, 15) is 14.4 Å². The van der Waals surface area contributed by atoms with E-state index in [1.807, 2.05) is 25.1 Å². The fourth-order valence-electron chi connectivity index (χ4n) is 1.65. The Labute approximate surface area is 133 Å². The van der Waals surface area contributed by atoms with Crippen LogP contribution in [0.1, 0.15) is 12.0 Å². The number of thioether (sulfide) groups is 1. The van der Waals surface area contributed by atoms with Gasteiger partial charge in [0.25, 0.3) is 0 Å². The molecular weight excluding hydrogens is 304 g/mol. The first-order valence-corrected chi connectivity index (χ1v) is 7.94. The summed E-state index contributed by atoms with van der Waals surface area (Å²) in [6, 6.07) is 7.48. The number of nitrogens with zero attached hydrogens (tertiary/aromatic N) is 1. The molecule has 1 aromatic rings. The third kappa shape index (κ3) is 7.12. The summed E-state index contributed by atoms with van der Waals surface area (Å²) in [7, 11) is 1.55. The lowest BCUT2D eigenvalue weighted by molar-refractivity contribution is -0.137. The number of carbonyl (C=O) groups is 3. The lowest BCUT2D eigenvalue weighted by atomic mass is 10.2. The van der Waals surface area contributed by atoms with Gasteiger partial charge >= 0.3 is 5.97 Å². The highest BCUT2D eigenvalue weighted by molar-refractivity contribution is 8.00. The Bertz CT molecular complexity index is 548. The maximum atomic E-state index is 11.8. The van der Waals surface area contributed by atoms with Gasteiger partial charge in [-0.05, 0) is 24.6 Å². The third-order valence-corrected chi connectivity index (χ3v) is 3.76. The maximum Gasteiger partial charge on any atom is 0.305 e. The lowest BCUT2D eigenvalue weighted by Crippen LogP contribution is -2.30. The summed E-state index contributed by atoms with van der Waals surface area (Å²) in [4.78, 5) is 35.3. The molecule has 22 heavy (non-hydrogen) atoms. The quantitative estimate of drug-likeness (QED) is 0.758. The topological polar surface area (TPSA) is 86.7 Å². The molecule has 0 radical (unpaired) electrons. The molecule has 2 N–H and O–H groups in total. The standard InChI is InChI=1S/C15H20N2O4S/c1-11-4-3-5-12(8-11)16-13(18)9-22-10-14(19)17(2)7-6-15(20)21/h3-5,8H,6-7,9-10H2,1-2H3,(H,16,18)(H,20,21). The van der Waals surface area contributed by atoms with E-state index >= 15 is 0 Å². The minimum Gasteiger partial charge on any atom is -0.481 e. The van der Waals surface area contributed by atoms with Gasteiger partial charge in [-0.3, -0.25) is 14.4 Å². The molecule has 0 aromatic heterocycles. The Morgan fingerprint density at radius 1 is 1.27 bits per heavy atom. The van der Waals surface area contributed by atoms with Gasteiger partial charge in [-0.1, -0.05) is 12.1 Å². The predicted molar refractivity (Wildman–Crippen MR) is 87.0 cm³/mol. The van der Waals surface area contributed by atoms with Crippen molar-refractivity contribution in [1.82, 2.24) is 4.90 Å². The van der Waals surface area contributed by atoms with E-state index in [0.717, 1.165) is 11.3 Å². The van der Waals surface area contributed by atoms with Gasteiger partial charge in [0.15, 0.2) is 0 Å². The van der Waals surface area contributed by atoms with E-state index in [-0.39, 0.29) is 36.3 Å². The molecule has 0 fully saturated rings. The van der Waals surface area contributed by atoms with E-state index in [0.29, 0.717) is 0 Å². The molecule has 0 spiro atoms. The first-order valence-electron chi connectivity index (χ1n) is 6.78. The van der Waals surface area contributed by atoms with Crippen molar-refractivity contribution in [3.63, 3.8) is 0 Å². The number of benzene rings is 1. The molecule has 0 bridgehead atoms. The van der Waals surface area contributed by atoms with Crippen LogP contribution in [0, 0.1) is 6.92 Å². The molecular formula is C15H20N2O4S. The summed E-state index contributed by atoms with van der Waals surface area (Å²) in [6.45, 7) is 2.11. The van der Waals surface area contributed by atoms with Crippen LogP contribution in [-0.2, 0) is 14.4 Å². The minimum atomic E-state index is -0.940. The molecule has 2 amide bonds. The highest BCUT2D eigenvalue weighted by Gasteiger charge is 2.11. The van der Waals surface area contributed by atoms with Crippen molar-refractivity contribution in [1.29, 1.82) is 0 Å². The highest BCUT2D eigenvalue weighted by Crippen LogP contribution is 2.10. The maximum absolute atomic E-state index is 11.8. The molecule has 1 aromatic carbocycles. The van der Waals surface area contributed by atoms with E-state index in [1.54, 1.807) is 13.1 Å². The average molecular weight is 324 g/mol. The number of hydrogen-bond acceptors (Lipinski definition) is 4. The Balaban J connectivity index is 2.27. The van der Waals surface area contributed by atoms with Crippen molar-refractivity contribution >= 4 is 35.2 Å². The zero-order valence-electron chi connectivity index (χ0n) is 12.7. The summed E-state index contributed by atoms with van der Waals surface area (Å²) in [5.74, 6) is -0.972. The minimum absolute atomic E-state index is 0.0826. The third-order valence-electron chi connectivity index (χ3n) is 2.85. The summed E-state index contributed by atoms with van der Waals surface area (Å²) in [6.07, 6.45) is -0.0826. The Morgan fingerprint density at radius 3 is 2.64 bits per heavy atom. The zero-order chi connectivity index (χ0) is 16.5. The van der Waals surface area contributed by atoms with Crippen LogP contribution in [0.15, 0.2) is 24.3 Å². The van der Waals surface area contributed by atoms with Gasteiger partial charge in [-0.2, -0.15) is 0 Å². The molecule has 0 saturated heterocycles. The number of aliphatic carboxylic acids is 1. The number of carbonyl (C=O) groups excluding carboxylic acids is 2. The summed E-state index contributed by atoms with van der Waals surface area (Å²) in [5, 5.41) is 11.3. The van der Waals surface area contributed by atoms with Crippen LogP contribution < -0.4 is 5.32 Å². The number of carboxylic acids is 1. The zero-order valence-corrected chi connectivity index (χ0v) is 13.5. The second kappa shape index (κ2) is 9.09. The second-order valence-corrected chi connectivity index (χ2v) is 5.86. The normalized spacial score (nSPS) is 10.1. The van der Waals surface area contributed by atoms with Crippen LogP contribution in [0.5, 0.6) is 0 Å². The van der Waals surface area contributed by atoms with Crippen molar-refractivity contribution in [2.24, 2.45) is 0 Å². The molecule has 0 unspecified atom stereocenters. The fourth-order valence-corrected chi connectivity index (χ4v) is 2.40. The number of amides is 2. The largest absolute Gasteiger partial charge is 0.481 e. The molecule has 0 atom stereocenters. The summed E-state index contributed by atoms with van der Waals surface area (Å²) >= 11 is 1.20. The van der Waals surface area contributed by atoms with Crippen LogP contribution in [0.2, 0.25) is 0 Å². The molecule has 0 heterocycles. The van der Waals surface area contributed by atoms with Gasteiger partial charge in [0.2, 0.25) is 11.8 Å². The van der Waals surface area contributed by atoms with Crippen LogP contribution in [0.3, 0.4) is 0 Å². The number of aryl methyl sites for hydroxylation is 1. The van der Waals surface area contributed by atoms with E-state index in [4.69, 9.17) is 5.11 Å². The molecule has 0 aliphatic rings. The van der Waals surface area contributed by atoms with Crippen LogP contribution >= 0.6 is 11.8 Å². The van der Waals surface area contributed by atoms with Gasteiger partial charge in [-0.15, -0.1) is 11.8 Å². The molecule has 120 valence electrons. The molecule has 0 aliphatic heterocycles. The van der Waals surface area contributed by atoms with Crippen LogP contribution in [0.4, 0.5) is 5.69 Å². The van der Waals surface area contributed by atoms with Gasteiger partial charge in [0.1, 0.15) is 0 Å². The molecule has 0 saturated carbocycles. The summed E-state index contributed by atoms with van der Waals surface area (Å²) < 4.78 is 0. The first kappa shape index (κ1) is 18.0. The Kier molecular flexibility index (Phi) is 7.45. The summed E-state index contributed by atoms with van der Waals surface area (Å²) in [5.41, 5.74) is 1.79. The van der Waals surface area contributed by atoms with Crippen molar-refractivity contribution < 1.29 is 19.5 Å². The Morgan fingerprint density at radius 2 is 2.00 bits per heavy atom. The van der Waals surface area contributed by atoms with Gasteiger partial charge in [0, 0.05) is 19.3 Å². The molecule has 6 nitrogen and oxygen atoms in total. The van der Waals surface area contributed by atoms with E-state index < -0.39 is 5.97 Å². The van der Waals surface area contributed by atoms with Crippen LogP contribution in [0.25, 0.3) is 0 Å². The van der Waals surface area contributed by atoms with Gasteiger partial charge in [-0.25, -0.2) is 0 Å². The highest BCUT2D eigenvalue weighted by atomic mass is 32.2. The fraction of sp³-hybridized carbons (Fsp3) is 0.400. The van der Waals surface area contributed by atoms with Crippen molar-refractivity contribution in [2.45, 2.75) is 13.3 Å². The number of carboxylic acid groups (broad SMARTS) is 1. The number of nitrogens with one attached hydrogen (secondary N) is 1. The molecule has 7 heteroatoms. The van der Waals surface area contributed by atoms with Gasteiger partial charge < -0.3 is 15.3 Å². The molecule has 0 aliphatic carbocycles. The van der Waals surface area contributed by atoms with Crippen molar-refractivity contribution in [2.75, 3.05) is 30.4 Å². The number of hydrogen-bond donors (Lipinski definition) is 2. The lowest BCUT2D eigenvalue weighted by Gasteiger charge is -2.15. The first-order chi connectivity index (χ1) is 10.4. The van der Waals surface area contributed by atoms with Gasteiger partial charge in [0.05, 0.1) is 17.9 Å². The number of rotatable bonds is 8. The van der Waals surface area contributed by atoms with Crippen molar-refractivity contribution in [3.8, 4) is 0 Å². The average Bonchev–Trinajstić information content (AvgIpc) is 2.44. The second-order valence-electron chi connectivity index (χ2n) is 4.87. The monoisotopic (exact) mass is 324 g/mol. The molecule has 1 rings (SSSR count). The smallest absolute Gasteiger partial charge is 0.305 e. The Hall–Kier alpha value is -2.02. The predicted octanol–water partition coefficient (Wildman–Crippen LogP) is 1.60. The van der Waals surface area contributed by atoms with E-state index in [1.165, 1.54) is 16.7 Å². The number of anilines is 1. The van der Waals surface area contributed by atoms with Crippen molar-refractivity contribution in [3.05, 3.63) is 29.8 Å². The van der Waals surface area contributed by atoms with E-state index in [2.05, 4.69) is 5.32 Å². The van der Waals surface area contributed by atoms with Crippen LogP contribution in [-0.4, -0.2) is 52.9 Å². The SMILES string of the molecule is Cc1cccc(NC(=O)CSCC(=O)N(C)CCC(=O)O)c1.